The van der Waals surface area contributed by atoms with E-state index < -0.39 is 23.5 Å². The molecule has 0 spiro atoms. The molecule has 0 bridgehead atoms. The number of methoxy groups -OCH3 is 2. The highest BCUT2D eigenvalue weighted by Gasteiger charge is 2.46. The average molecular weight is 480 g/mol. The Hall–Kier alpha value is -2.90. The summed E-state index contributed by atoms with van der Waals surface area (Å²) in [6.07, 6.45) is 1.46. The second kappa shape index (κ2) is 9.71. The molecular weight excluding hydrogens is 457 g/mol. The number of phenolic OH excluding ortho intramolecular Hbond substituents is 1. The highest BCUT2D eigenvalue weighted by molar-refractivity contribution is 6.46. The number of Topliss-reactive ketones (excluding diaryl/α,β-unsaturated/α-hetero) is 1. The lowest BCUT2D eigenvalue weighted by Gasteiger charge is -2.25. The lowest BCUT2D eigenvalue weighted by Crippen LogP contribution is -2.30. The van der Waals surface area contributed by atoms with Gasteiger partial charge < -0.3 is 24.6 Å². The molecule has 0 radical (unpaired) electrons. The van der Waals surface area contributed by atoms with Crippen LogP contribution in [-0.4, -0.2) is 47.6 Å². The molecule has 1 saturated heterocycles. The first kappa shape index (κ1) is 23.8. The lowest BCUT2D eigenvalue weighted by atomic mass is 9.94. The summed E-state index contributed by atoms with van der Waals surface area (Å²) in [6.45, 7) is 2.27. The number of carbonyl (C=O) groups is 2. The third-order valence-electron chi connectivity index (χ3n) is 5.31. The normalized spacial score (nSPS) is 17.7. The van der Waals surface area contributed by atoms with Crippen molar-refractivity contribution in [2.45, 2.75) is 25.8 Å². The van der Waals surface area contributed by atoms with E-state index in [0.29, 0.717) is 18.5 Å². The Morgan fingerprint density at radius 2 is 1.75 bits per heavy atom. The Balaban J connectivity index is 2.27. The number of hydrogen-bond acceptors (Lipinski definition) is 6. The van der Waals surface area contributed by atoms with Gasteiger partial charge in [0.05, 0.1) is 41.4 Å². The summed E-state index contributed by atoms with van der Waals surface area (Å²) < 4.78 is 10.6. The summed E-state index contributed by atoms with van der Waals surface area (Å²) in [4.78, 5) is 27.4. The van der Waals surface area contributed by atoms with E-state index in [9.17, 15) is 19.8 Å². The topological polar surface area (TPSA) is 96.3 Å². The maximum absolute atomic E-state index is 13.1. The van der Waals surface area contributed by atoms with Gasteiger partial charge in [-0.15, -0.1) is 0 Å². The molecule has 1 atom stereocenters. The molecule has 170 valence electrons. The van der Waals surface area contributed by atoms with Crippen LogP contribution in [0.5, 0.6) is 17.2 Å². The van der Waals surface area contributed by atoms with Crippen molar-refractivity contribution >= 4 is 40.7 Å². The van der Waals surface area contributed by atoms with Crippen LogP contribution in [0, 0.1) is 0 Å². The summed E-state index contributed by atoms with van der Waals surface area (Å²) in [6, 6.07) is 6.41. The molecule has 0 saturated carbocycles. The van der Waals surface area contributed by atoms with Crippen molar-refractivity contribution in [1.29, 1.82) is 0 Å². The highest BCUT2D eigenvalue weighted by Crippen LogP contribution is 2.44. The third kappa shape index (κ3) is 4.23. The van der Waals surface area contributed by atoms with Gasteiger partial charge in [-0.3, -0.25) is 9.59 Å². The minimum atomic E-state index is -0.897. The van der Waals surface area contributed by atoms with Gasteiger partial charge in [0, 0.05) is 12.6 Å². The molecule has 2 N–H and O–H groups in total. The number of likely N-dealkylation sites (tertiary alicyclic amines) is 1. The first-order valence-electron chi connectivity index (χ1n) is 9.93. The molecule has 9 heteroatoms. The average Bonchev–Trinajstić information content (AvgIpc) is 3.03. The fraction of sp³-hybridized carbons (Fsp3) is 0.304. The number of aromatic hydroxyl groups is 1. The van der Waals surface area contributed by atoms with Crippen molar-refractivity contribution in [2.24, 2.45) is 0 Å². The number of aliphatic hydroxyl groups excluding tert-OH is 1. The minimum Gasteiger partial charge on any atom is -0.507 e. The molecule has 1 aliphatic rings. The Bertz CT molecular complexity index is 1100. The second-order valence-corrected chi connectivity index (χ2v) is 8.06. The van der Waals surface area contributed by atoms with E-state index in [2.05, 4.69) is 0 Å². The summed E-state index contributed by atoms with van der Waals surface area (Å²) in [5.41, 5.74) is 0.511. The second-order valence-electron chi connectivity index (χ2n) is 7.24. The van der Waals surface area contributed by atoms with Crippen molar-refractivity contribution in [1.82, 2.24) is 4.90 Å². The van der Waals surface area contributed by atoms with Crippen LogP contribution >= 0.6 is 23.2 Å². The number of unbranched alkanes of at least 4 members (excludes halogenated alkanes) is 1. The van der Waals surface area contributed by atoms with Crippen LogP contribution in [-0.2, 0) is 9.59 Å². The smallest absolute Gasteiger partial charge is 0.295 e. The summed E-state index contributed by atoms with van der Waals surface area (Å²) in [5, 5.41) is 21.4. The van der Waals surface area contributed by atoms with E-state index in [1.165, 1.54) is 43.4 Å². The van der Waals surface area contributed by atoms with Crippen LogP contribution in [0.3, 0.4) is 0 Å². The third-order valence-corrected chi connectivity index (χ3v) is 5.91. The number of benzene rings is 2. The Morgan fingerprint density at radius 1 is 1.06 bits per heavy atom. The van der Waals surface area contributed by atoms with Crippen LogP contribution in [0.2, 0.25) is 10.0 Å². The molecule has 3 rings (SSSR count). The van der Waals surface area contributed by atoms with Gasteiger partial charge in [-0.05, 0) is 30.2 Å². The number of phenols is 1. The molecule has 0 aliphatic carbocycles. The number of carbonyl (C=O) groups excluding carboxylic acids is 2. The fourth-order valence-corrected chi connectivity index (χ4v) is 4.09. The SMILES string of the molecule is CCCCN1C(=O)C(=O)/C(=C(/O)c2cc(OC)c(Cl)cc2OC)C1c1ccc(O)c(Cl)c1. The summed E-state index contributed by atoms with van der Waals surface area (Å²) >= 11 is 12.3. The van der Waals surface area contributed by atoms with Crippen molar-refractivity contribution in [3.05, 3.63) is 57.1 Å². The largest absolute Gasteiger partial charge is 0.507 e. The van der Waals surface area contributed by atoms with E-state index in [4.69, 9.17) is 32.7 Å². The van der Waals surface area contributed by atoms with E-state index in [-0.39, 0.29) is 38.4 Å². The lowest BCUT2D eigenvalue weighted by molar-refractivity contribution is -0.139. The fourth-order valence-electron chi connectivity index (χ4n) is 3.67. The van der Waals surface area contributed by atoms with Gasteiger partial charge in [-0.25, -0.2) is 0 Å². The van der Waals surface area contributed by atoms with Crippen LogP contribution in [0.25, 0.3) is 5.76 Å². The number of aliphatic hydroxyl groups is 1. The van der Waals surface area contributed by atoms with Gasteiger partial charge in [-0.2, -0.15) is 0 Å². The Labute approximate surface area is 195 Å². The van der Waals surface area contributed by atoms with Crippen LogP contribution in [0.15, 0.2) is 35.9 Å². The first-order valence-corrected chi connectivity index (χ1v) is 10.7. The van der Waals surface area contributed by atoms with Gasteiger partial charge in [0.2, 0.25) is 0 Å². The molecule has 7 nitrogen and oxygen atoms in total. The molecule has 1 amide bonds. The predicted molar refractivity (Wildman–Crippen MR) is 122 cm³/mol. The first-order chi connectivity index (χ1) is 15.2. The van der Waals surface area contributed by atoms with Crippen molar-refractivity contribution in [3.8, 4) is 17.2 Å². The van der Waals surface area contributed by atoms with Crippen LogP contribution in [0.1, 0.15) is 36.9 Å². The molecule has 32 heavy (non-hydrogen) atoms. The van der Waals surface area contributed by atoms with Gasteiger partial charge in [0.25, 0.3) is 11.7 Å². The maximum atomic E-state index is 13.1. The quantitative estimate of drug-likeness (QED) is 0.331. The number of halogens is 2. The summed E-state index contributed by atoms with van der Waals surface area (Å²) in [5.74, 6) is -1.65. The zero-order valence-electron chi connectivity index (χ0n) is 17.8. The monoisotopic (exact) mass is 479 g/mol. The van der Waals surface area contributed by atoms with Gasteiger partial charge in [0.15, 0.2) is 0 Å². The molecule has 0 aromatic heterocycles. The number of rotatable bonds is 7. The molecule has 1 heterocycles. The highest BCUT2D eigenvalue weighted by atomic mass is 35.5. The standard InChI is InChI=1S/C23H23Cl2NO6/c1-4-5-8-26-20(12-6-7-16(27)14(24)9-12)19(22(29)23(26)30)21(28)13-10-18(32-3)15(25)11-17(13)31-2/h6-7,9-11,20,27-28H,4-5,8H2,1-3H3/b21-19+. The van der Waals surface area contributed by atoms with Crippen LogP contribution in [0.4, 0.5) is 0 Å². The zero-order chi connectivity index (χ0) is 23.6. The number of ether oxygens (including phenoxy) is 2. The number of nitrogens with zero attached hydrogens (tertiary/aromatic N) is 1. The Kier molecular flexibility index (Phi) is 7.21. The van der Waals surface area contributed by atoms with Crippen molar-refractivity contribution < 1.29 is 29.3 Å². The predicted octanol–water partition coefficient (Wildman–Crippen LogP) is 4.94. The zero-order valence-corrected chi connectivity index (χ0v) is 19.3. The van der Waals surface area contributed by atoms with Crippen LogP contribution < -0.4 is 9.47 Å². The Morgan fingerprint density at radius 3 is 2.34 bits per heavy atom. The van der Waals surface area contributed by atoms with E-state index in [0.717, 1.165) is 6.42 Å². The van der Waals surface area contributed by atoms with E-state index >= 15 is 0 Å². The molecule has 1 fully saturated rings. The van der Waals surface area contributed by atoms with E-state index in [1.807, 2.05) is 6.92 Å². The van der Waals surface area contributed by atoms with Gasteiger partial charge >= 0.3 is 0 Å². The molecule has 1 unspecified atom stereocenters. The van der Waals surface area contributed by atoms with Crippen molar-refractivity contribution in [3.63, 3.8) is 0 Å². The van der Waals surface area contributed by atoms with Crippen molar-refractivity contribution in [2.75, 3.05) is 20.8 Å². The number of hydrogen-bond donors (Lipinski definition) is 2. The molecule has 2 aromatic rings. The minimum absolute atomic E-state index is 0.0642. The number of ketones is 1. The number of amides is 1. The maximum Gasteiger partial charge on any atom is 0.295 e. The molecule has 1 aliphatic heterocycles. The van der Waals surface area contributed by atoms with E-state index in [1.54, 1.807) is 6.07 Å². The molecule has 2 aromatic carbocycles. The summed E-state index contributed by atoms with van der Waals surface area (Å²) in [7, 11) is 2.81. The molecular formula is C23H23Cl2NO6. The van der Waals surface area contributed by atoms with Gasteiger partial charge in [0.1, 0.15) is 23.0 Å². The van der Waals surface area contributed by atoms with Gasteiger partial charge in [-0.1, -0.05) is 42.6 Å².